The van der Waals surface area contributed by atoms with Crippen molar-refractivity contribution in [3.63, 3.8) is 0 Å². The van der Waals surface area contributed by atoms with Gasteiger partial charge in [0.2, 0.25) is 5.91 Å². The van der Waals surface area contributed by atoms with Crippen LogP contribution < -0.4 is 10.6 Å². The number of ether oxygens (including phenoxy) is 1. The molecule has 0 saturated carbocycles. The molecule has 2 heterocycles. The van der Waals surface area contributed by atoms with E-state index in [0.717, 1.165) is 35.6 Å². The minimum atomic E-state index is -0.0837. The maximum absolute atomic E-state index is 11.3. The zero-order chi connectivity index (χ0) is 17.9. The lowest BCUT2D eigenvalue weighted by Crippen LogP contribution is -2.32. The number of nitrogens with zero attached hydrogens (tertiary/aromatic N) is 2. The first-order valence-corrected chi connectivity index (χ1v) is 8.81. The third-order valence-electron chi connectivity index (χ3n) is 4.54. The summed E-state index contributed by atoms with van der Waals surface area (Å²) >= 11 is 0. The SMILES string of the molecule is CC(=O)Nc1ccc2c(c1)nc1n2C(CNCc2ccccc2)COC1. The van der Waals surface area contributed by atoms with Gasteiger partial charge in [-0.15, -0.1) is 0 Å². The maximum atomic E-state index is 11.3. The second-order valence-electron chi connectivity index (χ2n) is 6.57. The van der Waals surface area contributed by atoms with Crippen molar-refractivity contribution in [2.45, 2.75) is 26.1 Å². The highest BCUT2D eigenvalue weighted by Crippen LogP contribution is 2.27. The van der Waals surface area contributed by atoms with Gasteiger partial charge >= 0.3 is 0 Å². The van der Waals surface area contributed by atoms with E-state index < -0.39 is 0 Å². The highest BCUT2D eigenvalue weighted by atomic mass is 16.5. The second kappa shape index (κ2) is 7.27. The molecular formula is C20H22N4O2. The molecule has 0 saturated heterocycles. The number of aromatic nitrogens is 2. The van der Waals surface area contributed by atoms with Crippen molar-refractivity contribution in [3.8, 4) is 0 Å². The number of carbonyl (C=O) groups excluding carboxylic acids is 1. The van der Waals surface area contributed by atoms with Crippen LogP contribution in [0.5, 0.6) is 0 Å². The van der Waals surface area contributed by atoms with Gasteiger partial charge in [0.05, 0.1) is 23.7 Å². The summed E-state index contributed by atoms with van der Waals surface area (Å²) in [5.74, 6) is 0.845. The zero-order valence-corrected chi connectivity index (χ0v) is 14.7. The van der Waals surface area contributed by atoms with E-state index in [4.69, 9.17) is 9.72 Å². The molecule has 1 aliphatic rings. The van der Waals surface area contributed by atoms with Crippen LogP contribution in [0, 0.1) is 0 Å². The smallest absolute Gasteiger partial charge is 0.221 e. The van der Waals surface area contributed by atoms with Gasteiger partial charge in [0.25, 0.3) is 0 Å². The number of rotatable bonds is 5. The summed E-state index contributed by atoms with van der Waals surface area (Å²) in [4.78, 5) is 16.0. The predicted octanol–water partition coefficient (Wildman–Crippen LogP) is 2.86. The third-order valence-corrected chi connectivity index (χ3v) is 4.54. The van der Waals surface area contributed by atoms with Gasteiger partial charge in [-0.3, -0.25) is 4.79 Å². The van der Waals surface area contributed by atoms with Crippen LogP contribution >= 0.6 is 0 Å². The van der Waals surface area contributed by atoms with Crippen molar-refractivity contribution >= 4 is 22.6 Å². The van der Waals surface area contributed by atoms with Crippen LogP contribution in [-0.2, 0) is 22.7 Å². The Morgan fingerprint density at radius 3 is 2.92 bits per heavy atom. The number of amides is 1. The molecule has 2 N–H and O–H groups in total. The van der Waals surface area contributed by atoms with Gasteiger partial charge in [-0.2, -0.15) is 0 Å². The Bertz CT molecular complexity index is 920. The molecule has 3 aromatic rings. The lowest BCUT2D eigenvalue weighted by molar-refractivity contribution is -0.114. The monoisotopic (exact) mass is 350 g/mol. The Labute approximate surface area is 152 Å². The summed E-state index contributed by atoms with van der Waals surface area (Å²) < 4.78 is 8.00. The third kappa shape index (κ3) is 3.47. The molecule has 0 radical (unpaired) electrons. The lowest BCUT2D eigenvalue weighted by atomic mass is 10.2. The van der Waals surface area contributed by atoms with Crippen LogP contribution in [0.1, 0.15) is 24.4 Å². The molecule has 26 heavy (non-hydrogen) atoms. The van der Waals surface area contributed by atoms with Crippen molar-refractivity contribution < 1.29 is 9.53 Å². The van der Waals surface area contributed by atoms with E-state index in [1.165, 1.54) is 12.5 Å². The molecule has 1 aromatic heterocycles. The van der Waals surface area contributed by atoms with Gasteiger partial charge in [0.15, 0.2) is 0 Å². The molecule has 1 atom stereocenters. The van der Waals surface area contributed by atoms with E-state index in [0.29, 0.717) is 13.2 Å². The first-order chi connectivity index (χ1) is 12.7. The summed E-state index contributed by atoms with van der Waals surface area (Å²) in [5, 5.41) is 6.33. The fourth-order valence-corrected chi connectivity index (χ4v) is 3.43. The highest BCUT2D eigenvalue weighted by Gasteiger charge is 2.23. The summed E-state index contributed by atoms with van der Waals surface area (Å²) in [6.07, 6.45) is 0. The molecule has 0 fully saturated rings. The van der Waals surface area contributed by atoms with Crippen molar-refractivity contribution in [1.82, 2.24) is 14.9 Å². The van der Waals surface area contributed by atoms with Crippen LogP contribution in [0.4, 0.5) is 5.69 Å². The Kier molecular flexibility index (Phi) is 4.69. The van der Waals surface area contributed by atoms with Crippen LogP contribution in [0.3, 0.4) is 0 Å². The number of hydrogen-bond acceptors (Lipinski definition) is 4. The number of fused-ring (bicyclic) bond motifs is 3. The summed E-state index contributed by atoms with van der Waals surface area (Å²) in [7, 11) is 0. The van der Waals surface area contributed by atoms with E-state index in [-0.39, 0.29) is 11.9 Å². The largest absolute Gasteiger partial charge is 0.371 e. The minimum absolute atomic E-state index is 0.0837. The van der Waals surface area contributed by atoms with Crippen molar-refractivity contribution in [2.24, 2.45) is 0 Å². The van der Waals surface area contributed by atoms with E-state index in [9.17, 15) is 4.79 Å². The van der Waals surface area contributed by atoms with Crippen LogP contribution in [0.25, 0.3) is 11.0 Å². The lowest BCUT2D eigenvalue weighted by Gasteiger charge is -2.26. The zero-order valence-electron chi connectivity index (χ0n) is 14.7. The van der Waals surface area contributed by atoms with Gasteiger partial charge in [0.1, 0.15) is 12.4 Å². The van der Waals surface area contributed by atoms with Crippen LogP contribution in [0.15, 0.2) is 48.5 Å². The van der Waals surface area contributed by atoms with Crippen LogP contribution in [-0.4, -0.2) is 28.6 Å². The average molecular weight is 350 g/mol. The van der Waals surface area contributed by atoms with Gasteiger partial charge < -0.3 is 19.9 Å². The molecule has 0 aliphatic carbocycles. The number of hydrogen-bond donors (Lipinski definition) is 2. The van der Waals surface area contributed by atoms with Crippen molar-refractivity contribution in [1.29, 1.82) is 0 Å². The summed E-state index contributed by atoms with van der Waals surface area (Å²) in [6, 6.07) is 16.4. The summed E-state index contributed by atoms with van der Waals surface area (Å²) in [5.41, 5.74) is 3.98. The Morgan fingerprint density at radius 1 is 1.27 bits per heavy atom. The quantitative estimate of drug-likeness (QED) is 0.742. The fraction of sp³-hybridized carbons (Fsp3) is 0.300. The number of benzene rings is 2. The van der Waals surface area contributed by atoms with Gasteiger partial charge in [-0.25, -0.2) is 4.98 Å². The van der Waals surface area contributed by atoms with Crippen molar-refractivity contribution in [3.05, 3.63) is 59.9 Å². The molecule has 6 heteroatoms. The Hall–Kier alpha value is -2.70. The number of imidazole rings is 1. The van der Waals surface area contributed by atoms with E-state index >= 15 is 0 Å². The van der Waals surface area contributed by atoms with E-state index in [2.05, 4.69) is 39.5 Å². The summed E-state index contributed by atoms with van der Waals surface area (Å²) in [6.45, 7) is 4.31. The number of nitrogens with one attached hydrogen (secondary N) is 2. The maximum Gasteiger partial charge on any atom is 0.221 e. The Balaban J connectivity index is 1.53. The second-order valence-corrected chi connectivity index (χ2v) is 6.57. The van der Waals surface area contributed by atoms with E-state index in [1.807, 2.05) is 24.3 Å². The molecule has 1 amide bonds. The molecule has 0 spiro atoms. The van der Waals surface area contributed by atoms with Crippen LogP contribution in [0.2, 0.25) is 0 Å². The molecule has 1 unspecified atom stereocenters. The molecule has 1 aliphatic heterocycles. The molecule has 0 bridgehead atoms. The minimum Gasteiger partial charge on any atom is -0.371 e. The first-order valence-electron chi connectivity index (χ1n) is 8.81. The standard InChI is InChI=1S/C20H22N4O2/c1-14(25)22-16-7-8-19-18(9-16)23-20-13-26-12-17(24(19)20)11-21-10-15-5-3-2-4-6-15/h2-9,17,21H,10-13H2,1H3,(H,22,25). The predicted molar refractivity (Wildman–Crippen MR) is 101 cm³/mol. The molecule has 2 aromatic carbocycles. The molecule has 4 rings (SSSR count). The normalized spacial score (nSPS) is 16.4. The average Bonchev–Trinajstić information content (AvgIpc) is 3.00. The topological polar surface area (TPSA) is 68.2 Å². The highest BCUT2D eigenvalue weighted by molar-refractivity contribution is 5.91. The first kappa shape index (κ1) is 16.8. The van der Waals surface area contributed by atoms with E-state index in [1.54, 1.807) is 0 Å². The Morgan fingerprint density at radius 2 is 2.12 bits per heavy atom. The fourth-order valence-electron chi connectivity index (χ4n) is 3.43. The molecule has 134 valence electrons. The number of anilines is 1. The van der Waals surface area contributed by atoms with Gasteiger partial charge in [0, 0.05) is 25.7 Å². The molecular weight excluding hydrogens is 328 g/mol. The number of carbonyl (C=O) groups is 1. The van der Waals surface area contributed by atoms with Crippen molar-refractivity contribution in [2.75, 3.05) is 18.5 Å². The van der Waals surface area contributed by atoms with Gasteiger partial charge in [-0.1, -0.05) is 30.3 Å². The van der Waals surface area contributed by atoms with Gasteiger partial charge in [-0.05, 0) is 23.8 Å². The molecule has 6 nitrogen and oxygen atoms in total.